The van der Waals surface area contributed by atoms with Gasteiger partial charge in [-0.15, -0.1) is 0 Å². The van der Waals surface area contributed by atoms with Crippen LogP contribution in [0.4, 0.5) is 0 Å². The Morgan fingerprint density at radius 2 is 1.93 bits per heavy atom. The van der Waals surface area contributed by atoms with E-state index in [2.05, 4.69) is 25.7 Å². The van der Waals surface area contributed by atoms with Crippen molar-refractivity contribution in [3.8, 4) is 5.75 Å². The van der Waals surface area contributed by atoms with Crippen molar-refractivity contribution in [2.75, 3.05) is 7.11 Å². The smallest absolute Gasteiger partial charge is 0.184 e. The van der Waals surface area contributed by atoms with E-state index in [-0.39, 0.29) is 0 Å². The summed E-state index contributed by atoms with van der Waals surface area (Å²) in [7, 11) is 0.271. The van der Waals surface area contributed by atoms with Crippen LogP contribution in [0.25, 0.3) is 0 Å². The number of hydrogen-bond donors (Lipinski definition) is 0. The molecule has 1 aromatic carbocycles. The van der Waals surface area contributed by atoms with Gasteiger partial charge >= 0.3 is 0 Å². The topological polar surface area (TPSA) is 18.5 Å². The molecule has 0 amide bonds. The van der Waals surface area contributed by atoms with Gasteiger partial charge in [-0.25, -0.2) is 0 Å². The van der Waals surface area contributed by atoms with Crippen molar-refractivity contribution in [1.29, 1.82) is 0 Å². The molecule has 0 atom stereocenters. The van der Waals surface area contributed by atoms with Crippen molar-refractivity contribution in [1.82, 2.24) is 0 Å². The predicted octanol–water partition coefficient (Wildman–Crippen LogP) is 3.05. The molecule has 0 radical (unpaired) electrons. The third-order valence-corrected chi connectivity index (χ3v) is 2.82. The van der Waals surface area contributed by atoms with E-state index in [4.69, 9.17) is 9.16 Å². The first-order chi connectivity index (χ1) is 6.51. The van der Waals surface area contributed by atoms with E-state index in [1.54, 1.807) is 7.11 Å². The number of methoxy groups -OCH3 is 1. The fourth-order valence-corrected chi connectivity index (χ4v) is 1.66. The SMILES string of the molecule is COc1cccc(CO[Si](C)(C)C)c1. The van der Waals surface area contributed by atoms with Crippen LogP contribution in [0.5, 0.6) is 5.75 Å². The molecule has 0 heterocycles. The fourth-order valence-electron chi connectivity index (χ4n) is 1.06. The first-order valence-electron chi connectivity index (χ1n) is 4.78. The zero-order valence-electron chi connectivity index (χ0n) is 9.33. The number of ether oxygens (including phenoxy) is 1. The fraction of sp³-hybridized carbons (Fsp3) is 0.455. The summed E-state index contributed by atoms with van der Waals surface area (Å²) >= 11 is 0. The highest BCUT2D eigenvalue weighted by atomic mass is 28.4. The van der Waals surface area contributed by atoms with E-state index in [1.165, 1.54) is 5.56 Å². The maximum absolute atomic E-state index is 5.80. The van der Waals surface area contributed by atoms with Gasteiger partial charge in [0.1, 0.15) is 5.75 Å². The van der Waals surface area contributed by atoms with Crippen molar-refractivity contribution < 1.29 is 9.16 Å². The Hall–Kier alpha value is -0.803. The van der Waals surface area contributed by atoms with Gasteiger partial charge in [0.25, 0.3) is 0 Å². The summed E-state index contributed by atoms with van der Waals surface area (Å²) in [4.78, 5) is 0. The lowest BCUT2D eigenvalue weighted by molar-refractivity contribution is 0.298. The lowest BCUT2D eigenvalue weighted by atomic mass is 10.2. The molecule has 0 bridgehead atoms. The Kier molecular flexibility index (Phi) is 3.72. The molecule has 0 saturated carbocycles. The van der Waals surface area contributed by atoms with Crippen LogP contribution in [0, 0.1) is 0 Å². The summed E-state index contributed by atoms with van der Waals surface area (Å²) in [5.74, 6) is 0.890. The van der Waals surface area contributed by atoms with Gasteiger partial charge in [-0.05, 0) is 37.3 Å². The van der Waals surface area contributed by atoms with Gasteiger partial charge in [0.15, 0.2) is 8.32 Å². The average Bonchev–Trinajstić information content (AvgIpc) is 2.14. The second-order valence-electron chi connectivity index (χ2n) is 4.25. The molecular formula is C11H18O2Si. The number of benzene rings is 1. The van der Waals surface area contributed by atoms with Gasteiger partial charge in [-0.3, -0.25) is 0 Å². The van der Waals surface area contributed by atoms with Gasteiger partial charge in [0.05, 0.1) is 13.7 Å². The Balaban J connectivity index is 2.59. The second-order valence-corrected chi connectivity index (χ2v) is 8.77. The van der Waals surface area contributed by atoms with E-state index >= 15 is 0 Å². The Labute approximate surface area is 87.0 Å². The highest BCUT2D eigenvalue weighted by molar-refractivity contribution is 6.69. The molecule has 3 heteroatoms. The molecule has 1 rings (SSSR count). The first-order valence-corrected chi connectivity index (χ1v) is 8.19. The Morgan fingerprint density at radius 3 is 2.50 bits per heavy atom. The normalized spacial score (nSPS) is 11.4. The Bertz CT molecular complexity index is 292. The van der Waals surface area contributed by atoms with Crippen LogP contribution in [0.1, 0.15) is 5.56 Å². The third-order valence-electron chi connectivity index (χ3n) is 1.81. The lowest BCUT2D eigenvalue weighted by Gasteiger charge is -2.17. The molecule has 0 unspecified atom stereocenters. The van der Waals surface area contributed by atoms with Crippen LogP contribution in [-0.2, 0) is 11.0 Å². The summed E-state index contributed by atoms with van der Waals surface area (Å²) in [5.41, 5.74) is 1.17. The zero-order chi connectivity index (χ0) is 10.6. The maximum atomic E-state index is 5.80. The second kappa shape index (κ2) is 4.62. The summed E-state index contributed by atoms with van der Waals surface area (Å²) in [6.45, 7) is 7.25. The van der Waals surface area contributed by atoms with Gasteiger partial charge in [0.2, 0.25) is 0 Å². The maximum Gasteiger partial charge on any atom is 0.184 e. The summed E-state index contributed by atoms with van der Waals surface area (Å²) in [5, 5.41) is 0. The van der Waals surface area contributed by atoms with Crippen LogP contribution in [0.3, 0.4) is 0 Å². The largest absolute Gasteiger partial charge is 0.497 e. The van der Waals surface area contributed by atoms with Crippen LogP contribution in [0.15, 0.2) is 24.3 Å². The zero-order valence-corrected chi connectivity index (χ0v) is 10.3. The molecule has 2 nitrogen and oxygen atoms in total. The van der Waals surface area contributed by atoms with E-state index in [9.17, 15) is 0 Å². The lowest BCUT2D eigenvalue weighted by Crippen LogP contribution is -2.24. The van der Waals surface area contributed by atoms with E-state index in [0.29, 0.717) is 6.61 Å². The van der Waals surface area contributed by atoms with Crippen LogP contribution in [0.2, 0.25) is 19.6 Å². The summed E-state index contributed by atoms with van der Waals surface area (Å²) < 4.78 is 10.9. The molecule has 1 aromatic rings. The monoisotopic (exact) mass is 210 g/mol. The molecule has 0 spiro atoms. The quantitative estimate of drug-likeness (QED) is 0.711. The minimum atomic E-state index is -1.41. The van der Waals surface area contributed by atoms with E-state index in [1.807, 2.05) is 18.2 Å². The van der Waals surface area contributed by atoms with Crippen molar-refractivity contribution >= 4 is 8.32 Å². The van der Waals surface area contributed by atoms with Crippen LogP contribution in [-0.4, -0.2) is 15.4 Å². The summed E-state index contributed by atoms with van der Waals surface area (Å²) in [6, 6.07) is 8.00. The Morgan fingerprint density at radius 1 is 1.21 bits per heavy atom. The molecule has 0 aliphatic heterocycles. The molecule has 0 fully saturated rings. The highest BCUT2D eigenvalue weighted by Crippen LogP contribution is 2.15. The van der Waals surface area contributed by atoms with Gasteiger partial charge in [0, 0.05) is 0 Å². The minimum absolute atomic E-state index is 0.687. The van der Waals surface area contributed by atoms with Crippen LogP contribution < -0.4 is 4.74 Å². The van der Waals surface area contributed by atoms with Crippen molar-refractivity contribution in [2.45, 2.75) is 26.2 Å². The van der Waals surface area contributed by atoms with Crippen molar-refractivity contribution in [3.05, 3.63) is 29.8 Å². The van der Waals surface area contributed by atoms with Gasteiger partial charge in [-0.1, -0.05) is 12.1 Å². The van der Waals surface area contributed by atoms with Crippen molar-refractivity contribution in [2.24, 2.45) is 0 Å². The van der Waals surface area contributed by atoms with E-state index < -0.39 is 8.32 Å². The molecule has 0 aromatic heterocycles. The van der Waals surface area contributed by atoms with Gasteiger partial charge in [-0.2, -0.15) is 0 Å². The molecule has 0 aliphatic rings. The summed E-state index contributed by atoms with van der Waals surface area (Å²) in [6.07, 6.45) is 0. The van der Waals surface area contributed by atoms with Crippen molar-refractivity contribution in [3.63, 3.8) is 0 Å². The standard InChI is InChI=1S/C11H18O2Si/c1-12-11-7-5-6-10(8-11)9-13-14(2,3)4/h5-8H,9H2,1-4H3. The van der Waals surface area contributed by atoms with Gasteiger partial charge < -0.3 is 9.16 Å². The first kappa shape index (κ1) is 11.3. The highest BCUT2D eigenvalue weighted by Gasteiger charge is 2.13. The molecule has 78 valence electrons. The van der Waals surface area contributed by atoms with Crippen LogP contribution >= 0.6 is 0 Å². The number of rotatable bonds is 4. The van der Waals surface area contributed by atoms with E-state index in [0.717, 1.165) is 5.75 Å². The molecule has 0 aliphatic carbocycles. The number of hydrogen-bond acceptors (Lipinski definition) is 2. The molecule has 14 heavy (non-hydrogen) atoms. The third kappa shape index (κ3) is 3.94. The molecular weight excluding hydrogens is 192 g/mol. The molecule has 0 N–H and O–H groups in total. The molecule has 0 saturated heterocycles. The average molecular weight is 210 g/mol. The minimum Gasteiger partial charge on any atom is -0.497 e. The predicted molar refractivity (Wildman–Crippen MR) is 61.1 cm³/mol.